The molecular formula is C14H17NO5S. The van der Waals surface area contributed by atoms with Crippen molar-refractivity contribution in [2.45, 2.75) is 18.7 Å². The quantitative estimate of drug-likeness (QED) is 0.598. The maximum absolute atomic E-state index is 12.0. The number of esters is 1. The van der Waals surface area contributed by atoms with E-state index in [4.69, 9.17) is 5.11 Å². The molecular weight excluding hydrogens is 294 g/mol. The lowest BCUT2D eigenvalue weighted by atomic mass is 10.1. The molecule has 2 N–H and O–H groups in total. The number of hydrogen-bond acceptors (Lipinski definition) is 5. The summed E-state index contributed by atoms with van der Waals surface area (Å²) < 4.78 is 30.9. The fourth-order valence-electron chi connectivity index (χ4n) is 1.53. The Bertz CT molecular complexity index is 670. The first-order chi connectivity index (χ1) is 9.90. The molecule has 21 heavy (non-hydrogen) atoms. The first kappa shape index (κ1) is 17.2. The maximum atomic E-state index is 12.0. The second-order valence-electron chi connectivity index (χ2n) is 4.07. The van der Waals surface area contributed by atoms with E-state index < -0.39 is 22.5 Å². The van der Waals surface area contributed by atoms with Crippen LogP contribution in [0.2, 0.25) is 0 Å². The van der Waals surface area contributed by atoms with Gasteiger partial charge in [-0.25, -0.2) is 8.42 Å². The van der Waals surface area contributed by atoms with Crippen LogP contribution in [0.4, 0.5) is 0 Å². The van der Waals surface area contributed by atoms with Crippen LogP contribution < -0.4 is 4.72 Å². The van der Waals surface area contributed by atoms with E-state index in [0.717, 1.165) is 0 Å². The van der Waals surface area contributed by atoms with Gasteiger partial charge in [0.15, 0.2) is 0 Å². The van der Waals surface area contributed by atoms with Crippen molar-refractivity contribution in [1.29, 1.82) is 0 Å². The van der Waals surface area contributed by atoms with Gasteiger partial charge in [-0.15, -0.1) is 0 Å². The van der Waals surface area contributed by atoms with Crippen molar-refractivity contribution in [2.24, 2.45) is 0 Å². The van der Waals surface area contributed by atoms with E-state index in [2.05, 4.69) is 21.3 Å². The lowest BCUT2D eigenvalue weighted by Gasteiger charge is -2.08. The van der Waals surface area contributed by atoms with Gasteiger partial charge in [-0.05, 0) is 37.6 Å². The first-order valence-corrected chi connectivity index (χ1v) is 7.74. The minimum atomic E-state index is -3.78. The predicted molar refractivity (Wildman–Crippen MR) is 77.0 cm³/mol. The molecule has 1 rings (SSSR count). The number of rotatable bonds is 5. The average molecular weight is 311 g/mol. The summed E-state index contributed by atoms with van der Waals surface area (Å²) in [5.74, 6) is 4.58. The topological polar surface area (TPSA) is 92.7 Å². The summed E-state index contributed by atoms with van der Waals surface area (Å²) in [5.41, 5.74) is 1.29. The van der Waals surface area contributed by atoms with E-state index >= 15 is 0 Å². The summed E-state index contributed by atoms with van der Waals surface area (Å²) in [6, 6.07) is 4.40. The number of sulfonamides is 1. The fraction of sp³-hybridized carbons (Fsp3) is 0.357. The highest BCUT2D eigenvalue weighted by Crippen LogP contribution is 2.14. The van der Waals surface area contributed by atoms with Gasteiger partial charge in [0.25, 0.3) is 0 Å². The molecule has 0 bridgehead atoms. The van der Waals surface area contributed by atoms with Crippen LogP contribution in [0.15, 0.2) is 23.1 Å². The monoisotopic (exact) mass is 311 g/mol. The number of carbonyl (C=O) groups excluding carboxylic acids is 1. The predicted octanol–water partition coefficient (Wildman–Crippen LogP) is 0.180. The molecule has 7 heteroatoms. The number of aliphatic hydroxyl groups is 1. The number of ether oxygens (including phenoxy) is 1. The zero-order valence-electron chi connectivity index (χ0n) is 11.8. The SMILES string of the molecule is CCOC(=O)CNS(=O)(=O)c1ccc(C#CCO)c(C)c1. The summed E-state index contributed by atoms with van der Waals surface area (Å²) in [5, 5.41) is 8.64. The molecule has 0 unspecified atom stereocenters. The van der Waals surface area contributed by atoms with Crippen LogP contribution >= 0.6 is 0 Å². The Labute approximate surface area is 124 Å². The summed E-state index contributed by atoms with van der Waals surface area (Å²) in [4.78, 5) is 11.2. The lowest BCUT2D eigenvalue weighted by molar-refractivity contribution is -0.141. The number of aryl methyl sites for hydroxylation is 1. The van der Waals surface area contributed by atoms with Crippen molar-refractivity contribution >= 4 is 16.0 Å². The van der Waals surface area contributed by atoms with Crippen LogP contribution in [0.5, 0.6) is 0 Å². The highest BCUT2D eigenvalue weighted by molar-refractivity contribution is 7.89. The van der Waals surface area contributed by atoms with E-state index in [1.165, 1.54) is 12.1 Å². The highest BCUT2D eigenvalue weighted by Gasteiger charge is 2.16. The third-order valence-electron chi connectivity index (χ3n) is 2.52. The van der Waals surface area contributed by atoms with Gasteiger partial charge in [0.1, 0.15) is 13.2 Å². The Morgan fingerprint density at radius 3 is 2.71 bits per heavy atom. The van der Waals surface area contributed by atoms with Gasteiger partial charge in [-0.1, -0.05) is 11.8 Å². The smallest absolute Gasteiger partial charge is 0.321 e. The van der Waals surface area contributed by atoms with Gasteiger partial charge in [0, 0.05) is 5.56 Å². The van der Waals surface area contributed by atoms with Crippen molar-refractivity contribution < 1.29 is 23.1 Å². The van der Waals surface area contributed by atoms with Gasteiger partial charge in [0.05, 0.1) is 11.5 Å². The third-order valence-corrected chi connectivity index (χ3v) is 3.92. The Kier molecular flexibility index (Phi) is 6.37. The second-order valence-corrected chi connectivity index (χ2v) is 5.83. The minimum Gasteiger partial charge on any atom is -0.465 e. The lowest BCUT2D eigenvalue weighted by Crippen LogP contribution is -2.30. The molecule has 6 nitrogen and oxygen atoms in total. The molecule has 0 saturated heterocycles. The molecule has 0 aliphatic rings. The summed E-state index contributed by atoms with van der Waals surface area (Å²) in [7, 11) is -3.78. The van der Waals surface area contributed by atoms with Crippen molar-refractivity contribution in [3.8, 4) is 11.8 Å². The van der Waals surface area contributed by atoms with Gasteiger partial charge >= 0.3 is 5.97 Å². The average Bonchev–Trinajstić information content (AvgIpc) is 2.44. The van der Waals surface area contributed by atoms with Crippen molar-refractivity contribution in [3.63, 3.8) is 0 Å². The standard InChI is InChI=1S/C14H17NO5S/c1-3-20-14(17)10-15-21(18,19)13-7-6-12(5-4-8-16)11(2)9-13/h6-7,9,15-16H,3,8,10H2,1-2H3. The van der Waals surface area contributed by atoms with Crippen LogP contribution in [0.1, 0.15) is 18.1 Å². The molecule has 0 aliphatic heterocycles. The number of aliphatic hydroxyl groups excluding tert-OH is 1. The summed E-state index contributed by atoms with van der Waals surface area (Å²) in [6.07, 6.45) is 0. The molecule has 0 aromatic heterocycles. The summed E-state index contributed by atoms with van der Waals surface area (Å²) >= 11 is 0. The summed E-state index contributed by atoms with van der Waals surface area (Å²) in [6.45, 7) is 2.87. The van der Waals surface area contributed by atoms with E-state index in [9.17, 15) is 13.2 Å². The van der Waals surface area contributed by atoms with Crippen LogP contribution in [-0.4, -0.2) is 39.3 Å². The Balaban J connectivity index is 2.89. The van der Waals surface area contributed by atoms with Crippen molar-refractivity contribution in [2.75, 3.05) is 19.8 Å². The van der Waals surface area contributed by atoms with Crippen LogP contribution in [0.3, 0.4) is 0 Å². The molecule has 0 heterocycles. The van der Waals surface area contributed by atoms with E-state index in [1.54, 1.807) is 19.9 Å². The molecule has 114 valence electrons. The molecule has 0 aliphatic carbocycles. The zero-order chi connectivity index (χ0) is 15.9. The van der Waals surface area contributed by atoms with Crippen LogP contribution in [-0.2, 0) is 19.6 Å². The number of nitrogens with one attached hydrogen (secondary N) is 1. The first-order valence-electron chi connectivity index (χ1n) is 6.26. The largest absolute Gasteiger partial charge is 0.465 e. The molecule has 0 radical (unpaired) electrons. The molecule has 1 aromatic rings. The fourth-order valence-corrected chi connectivity index (χ4v) is 2.58. The number of carbonyl (C=O) groups is 1. The molecule has 0 saturated carbocycles. The van der Waals surface area contributed by atoms with E-state index in [-0.39, 0.29) is 18.1 Å². The highest BCUT2D eigenvalue weighted by atomic mass is 32.2. The van der Waals surface area contributed by atoms with Crippen molar-refractivity contribution in [1.82, 2.24) is 4.72 Å². The normalized spacial score (nSPS) is 10.6. The second kappa shape index (κ2) is 7.78. The molecule has 0 fully saturated rings. The molecule has 0 spiro atoms. The number of hydrogen-bond donors (Lipinski definition) is 2. The van der Waals surface area contributed by atoms with Crippen molar-refractivity contribution in [3.05, 3.63) is 29.3 Å². The van der Waals surface area contributed by atoms with Crippen LogP contribution in [0.25, 0.3) is 0 Å². The molecule has 1 aromatic carbocycles. The van der Waals surface area contributed by atoms with Gasteiger partial charge in [0.2, 0.25) is 10.0 Å². The Morgan fingerprint density at radius 1 is 1.43 bits per heavy atom. The van der Waals surface area contributed by atoms with Gasteiger partial charge in [-0.2, -0.15) is 4.72 Å². The third kappa shape index (κ3) is 5.19. The van der Waals surface area contributed by atoms with E-state index in [0.29, 0.717) is 11.1 Å². The Morgan fingerprint density at radius 2 is 2.14 bits per heavy atom. The Hall–Kier alpha value is -1.88. The maximum Gasteiger partial charge on any atom is 0.321 e. The minimum absolute atomic E-state index is 0.0406. The van der Waals surface area contributed by atoms with Gasteiger partial charge < -0.3 is 9.84 Å². The molecule has 0 amide bonds. The van der Waals surface area contributed by atoms with E-state index in [1.807, 2.05) is 0 Å². The number of benzene rings is 1. The van der Waals surface area contributed by atoms with Crippen LogP contribution in [0, 0.1) is 18.8 Å². The molecule has 0 atom stereocenters. The zero-order valence-corrected chi connectivity index (χ0v) is 12.7. The van der Waals surface area contributed by atoms with Gasteiger partial charge in [-0.3, -0.25) is 4.79 Å².